The molecule has 0 fully saturated rings. The first kappa shape index (κ1) is 11.6. The standard InChI is InChI=1S/C15H13N3O/c1-2-19-15-14(11-6-5-9-16-10-11)17-12-7-3-4-8-13(12)18-15/h3-10H,2H2,1H3. The zero-order valence-electron chi connectivity index (χ0n) is 10.6. The summed E-state index contributed by atoms with van der Waals surface area (Å²) in [6.45, 7) is 2.49. The van der Waals surface area contributed by atoms with Crippen LogP contribution in [0.4, 0.5) is 0 Å². The van der Waals surface area contributed by atoms with Crippen molar-refractivity contribution < 1.29 is 4.74 Å². The summed E-state index contributed by atoms with van der Waals surface area (Å²) in [7, 11) is 0. The van der Waals surface area contributed by atoms with Crippen LogP contribution in [0.5, 0.6) is 5.88 Å². The van der Waals surface area contributed by atoms with Crippen LogP contribution < -0.4 is 4.74 Å². The van der Waals surface area contributed by atoms with Gasteiger partial charge in [-0.3, -0.25) is 4.98 Å². The lowest BCUT2D eigenvalue weighted by Crippen LogP contribution is -2.00. The number of ether oxygens (including phenoxy) is 1. The van der Waals surface area contributed by atoms with Crippen LogP contribution in [0.1, 0.15) is 6.92 Å². The molecule has 1 aromatic carbocycles. The fourth-order valence-electron chi connectivity index (χ4n) is 1.91. The van der Waals surface area contributed by atoms with Crippen molar-refractivity contribution in [1.82, 2.24) is 15.0 Å². The van der Waals surface area contributed by atoms with E-state index in [9.17, 15) is 0 Å². The van der Waals surface area contributed by atoms with E-state index in [4.69, 9.17) is 4.74 Å². The normalized spacial score (nSPS) is 10.6. The average Bonchev–Trinajstić information content (AvgIpc) is 2.48. The predicted molar refractivity (Wildman–Crippen MR) is 73.9 cm³/mol. The molecule has 0 N–H and O–H groups in total. The zero-order valence-corrected chi connectivity index (χ0v) is 10.6. The van der Waals surface area contributed by atoms with E-state index in [0.29, 0.717) is 12.5 Å². The van der Waals surface area contributed by atoms with Crippen LogP contribution in [0, 0.1) is 0 Å². The number of aromatic nitrogens is 3. The van der Waals surface area contributed by atoms with Gasteiger partial charge in [-0.25, -0.2) is 9.97 Å². The van der Waals surface area contributed by atoms with Gasteiger partial charge >= 0.3 is 0 Å². The molecule has 0 spiro atoms. The zero-order chi connectivity index (χ0) is 13.1. The maximum atomic E-state index is 5.60. The molecule has 0 saturated heterocycles. The monoisotopic (exact) mass is 251 g/mol. The molecule has 2 heterocycles. The Morgan fingerprint density at radius 2 is 1.79 bits per heavy atom. The summed E-state index contributed by atoms with van der Waals surface area (Å²) in [5.74, 6) is 0.550. The molecular weight excluding hydrogens is 238 g/mol. The number of hydrogen-bond acceptors (Lipinski definition) is 4. The number of para-hydroxylation sites is 2. The summed E-state index contributed by atoms with van der Waals surface area (Å²) in [6.07, 6.45) is 3.50. The van der Waals surface area contributed by atoms with Crippen molar-refractivity contribution in [3.63, 3.8) is 0 Å². The molecule has 4 nitrogen and oxygen atoms in total. The number of pyridine rings is 1. The van der Waals surface area contributed by atoms with Crippen molar-refractivity contribution in [2.75, 3.05) is 6.61 Å². The minimum absolute atomic E-state index is 0.550. The van der Waals surface area contributed by atoms with Gasteiger partial charge in [0, 0.05) is 18.0 Å². The second kappa shape index (κ2) is 5.02. The average molecular weight is 251 g/mol. The minimum atomic E-state index is 0.550. The molecule has 94 valence electrons. The van der Waals surface area contributed by atoms with Crippen LogP contribution in [-0.4, -0.2) is 21.6 Å². The van der Waals surface area contributed by atoms with Crippen LogP contribution in [0.3, 0.4) is 0 Å². The fraction of sp³-hybridized carbons (Fsp3) is 0.133. The van der Waals surface area contributed by atoms with Crippen LogP contribution in [0.2, 0.25) is 0 Å². The van der Waals surface area contributed by atoms with E-state index in [1.54, 1.807) is 12.4 Å². The fourth-order valence-corrected chi connectivity index (χ4v) is 1.91. The Bertz CT molecular complexity index is 698. The van der Waals surface area contributed by atoms with E-state index in [1.165, 1.54) is 0 Å². The van der Waals surface area contributed by atoms with Gasteiger partial charge in [0.15, 0.2) is 0 Å². The Morgan fingerprint density at radius 3 is 2.47 bits per heavy atom. The molecule has 3 rings (SSSR count). The Kier molecular flexibility index (Phi) is 3.06. The molecule has 0 bridgehead atoms. The largest absolute Gasteiger partial charge is 0.476 e. The summed E-state index contributed by atoms with van der Waals surface area (Å²) in [6, 6.07) is 11.6. The Hall–Kier alpha value is -2.49. The highest BCUT2D eigenvalue weighted by Gasteiger charge is 2.11. The van der Waals surface area contributed by atoms with Gasteiger partial charge in [-0.2, -0.15) is 0 Å². The Morgan fingerprint density at radius 1 is 1.00 bits per heavy atom. The van der Waals surface area contributed by atoms with Gasteiger partial charge in [-0.1, -0.05) is 12.1 Å². The lowest BCUT2D eigenvalue weighted by Gasteiger charge is -2.09. The summed E-state index contributed by atoms with van der Waals surface area (Å²) >= 11 is 0. The highest BCUT2D eigenvalue weighted by molar-refractivity contribution is 5.79. The molecule has 0 aliphatic rings. The summed E-state index contributed by atoms with van der Waals surface area (Å²) < 4.78 is 5.60. The number of nitrogens with zero attached hydrogens (tertiary/aromatic N) is 3. The van der Waals surface area contributed by atoms with Gasteiger partial charge in [-0.05, 0) is 31.2 Å². The molecular formula is C15H13N3O. The predicted octanol–water partition coefficient (Wildman–Crippen LogP) is 3.09. The molecule has 0 aliphatic carbocycles. The lowest BCUT2D eigenvalue weighted by molar-refractivity contribution is 0.328. The van der Waals surface area contributed by atoms with Gasteiger partial charge in [0.1, 0.15) is 5.69 Å². The minimum Gasteiger partial charge on any atom is -0.476 e. The SMILES string of the molecule is CCOc1nc2ccccc2nc1-c1cccnc1. The van der Waals surface area contributed by atoms with Gasteiger partial charge in [0.05, 0.1) is 17.6 Å². The first-order valence-electron chi connectivity index (χ1n) is 6.18. The van der Waals surface area contributed by atoms with E-state index >= 15 is 0 Å². The first-order chi connectivity index (χ1) is 9.38. The molecule has 0 saturated carbocycles. The number of hydrogen-bond donors (Lipinski definition) is 0. The van der Waals surface area contributed by atoms with Crippen LogP contribution in [0.25, 0.3) is 22.3 Å². The third-order valence-corrected chi connectivity index (χ3v) is 2.75. The highest BCUT2D eigenvalue weighted by Crippen LogP contribution is 2.27. The van der Waals surface area contributed by atoms with E-state index in [0.717, 1.165) is 22.3 Å². The van der Waals surface area contributed by atoms with Crippen LogP contribution >= 0.6 is 0 Å². The third kappa shape index (κ3) is 2.25. The molecule has 3 aromatic rings. The lowest BCUT2D eigenvalue weighted by atomic mass is 10.2. The van der Waals surface area contributed by atoms with E-state index in [1.807, 2.05) is 43.3 Å². The topological polar surface area (TPSA) is 47.9 Å². The summed E-state index contributed by atoms with van der Waals surface area (Å²) in [5.41, 5.74) is 3.32. The summed E-state index contributed by atoms with van der Waals surface area (Å²) in [4.78, 5) is 13.3. The summed E-state index contributed by atoms with van der Waals surface area (Å²) in [5, 5.41) is 0. The molecule has 19 heavy (non-hydrogen) atoms. The third-order valence-electron chi connectivity index (χ3n) is 2.75. The van der Waals surface area contributed by atoms with Gasteiger partial charge in [0.25, 0.3) is 0 Å². The van der Waals surface area contributed by atoms with Gasteiger partial charge in [-0.15, -0.1) is 0 Å². The molecule has 0 amide bonds. The van der Waals surface area contributed by atoms with Crippen molar-refractivity contribution in [1.29, 1.82) is 0 Å². The second-order valence-electron chi connectivity index (χ2n) is 4.04. The van der Waals surface area contributed by atoms with Crippen molar-refractivity contribution in [3.8, 4) is 17.1 Å². The quantitative estimate of drug-likeness (QED) is 0.717. The molecule has 0 atom stereocenters. The van der Waals surface area contributed by atoms with Crippen molar-refractivity contribution in [2.24, 2.45) is 0 Å². The first-order valence-corrected chi connectivity index (χ1v) is 6.18. The van der Waals surface area contributed by atoms with E-state index in [-0.39, 0.29) is 0 Å². The van der Waals surface area contributed by atoms with Gasteiger partial charge in [0.2, 0.25) is 5.88 Å². The maximum Gasteiger partial charge on any atom is 0.241 e. The number of benzene rings is 1. The van der Waals surface area contributed by atoms with E-state index in [2.05, 4.69) is 15.0 Å². The maximum absolute atomic E-state index is 5.60. The second-order valence-corrected chi connectivity index (χ2v) is 4.04. The number of fused-ring (bicyclic) bond motifs is 1. The van der Waals surface area contributed by atoms with Crippen LogP contribution in [-0.2, 0) is 0 Å². The molecule has 0 unspecified atom stereocenters. The Labute approximate surface area is 111 Å². The Balaban J connectivity index is 2.23. The smallest absolute Gasteiger partial charge is 0.241 e. The molecule has 0 aliphatic heterocycles. The van der Waals surface area contributed by atoms with Crippen molar-refractivity contribution in [3.05, 3.63) is 48.8 Å². The number of rotatable bonds is 3. The van der Waals surface area contributed by atoms with Crippen molar-refractivity contribution >= 4 is 11.0 Å². The highest BCUT2D eigenvalue weighted by atomic mass is 16.5. The van der Waals surface area contributed by atoms with Gasteiger partial charge < -0.3 is 4.74 Å². The molecule has 4 heteroatoms. The van der Waals surface area contributed by atoms with Crippen molar-refractivity contribution in [2.45, 2.75) is 6.92 Å². The molecule has 0 radical (unpaired) electrons. The van der Waals surface area contributed by atoms with E-state index < -0.39 is 0 Å². The molecule has 2 aromatic heterocycles. The van der Waals surface area contributed by atoms with Crippen LogP contribution in [0.15, 0.2) is 48.8 Å².